The van der Waals surface area contributed by atoms with Crippen LogP contribution < -0.4 is 22.1 Å². The van der Waals surface area contributed by atoms with E-state index >= 15 is 0 Å². The lowest BCUT2D eigenvalue weighted by molar-refractivity contribution is 1.04. The molecule has 0 aliphatic rings. The van der Waals surface area contributed by atoms with E-state index in [1.165, 1.54) is 0 Å². The molecule has 1 aromatic heterocycles. The van der Waals surface area contributed by atoms with E-state index in [4.69, 9.17) is 18.1 Å². The lowest BCUT2D eigenvalue weighted by Gasteiger charge is -2.12. The second-order valence-electron chi connectivity index (χ2n) is 4.58. The average molecular weight is 311 g/mol. The van der Waals surface area contributed by atoms with Crippen molar-refractivity contribution in [3.63, 3.8) is 0 Å². The van der Waals surface area contributed by atoms with Crippen molar-refractivity contribution in [3.05, 3.63) is 58.9 Å². The molecule has 0 bridgehead atoms. The highest BCUT2D eigenvalue weighted by atomic mass is 32.1. The number of para-hydroxylation sites is 2. The molecule has 0 aliphatic carbocycles. The van der Waals surface area contributed by atoms with Crippen molar-refractivity contribution in [2.24, 2.45) is 5.84 Å². The molecule has 1 heterocycles. The second-order valence-corrected chi connectivity index (χ2v) is 4.98. The summed E-state index contributed by atoms with van der Waals surface area (Å²) < 4.78 is 0. The van der Waals surface area contributed by atoms with Crippen molar-refractivity contribution >= 4 is 33.9 Å². The van der Waals surface area contributed by atoms with Gasteiger partial charge in [0.25, 0.3) is 5.56 Å². The van der Waals surface area contributed by atoms with Crippen molar-refractivity contribution in [1.29, 1.82) is 0 Å². The van der Waals surface area contributed by atoms with Gasteiger partial charge in [-0.25, -0.2) is 10.8 Å². The lowest BCUT2D eigenvalue weighted by Crippen LogP contribution is -2.34. The zero-order chi connectivity index (χ0) is 15.5. The number of nitrogens with zero attached hydrogens (tertiary/aromatic N) is 1. The Morgan fingerprint density at radius 3 is 2.68 bits per heavy atom. The number of hydrogen-bond acceptors (Lipinski definition) is 4. The Morgan fingerprint density at radius 1 is 1.14 bits per heavy atom. The van der Waals surface area contributed by atoms with Gasteiger partial charge in [0, 0.05) is 5.56 Å². The van der Waals surface area contributed by atoms with Crippen molar-refractivity contribution in [1.82, 2.24) is 15.4 Å². The molecule has 22 heavy (non-hydrogen) atoms. The fraction of sp³-hybridized carbons (Fsp3) is 0. The van der Waals surface area contributed by atoms with Gasteiger partial charge in [-0.15, -0.1) is 0 Å². The van der Waals surface area contributed by atoms with Crippen molar-refractivity contribution in [2.45, 2.75) is 0 Å². The van der Waals surface area contributed by atoms with Gasteiger partial charge in [-0.05, 0) is 36.5 Å². The number of rotatable bonds is 2. The van der Waals surface area contributed by atoms with E-state index in [1.54, 1.807) is 18.2 Å². The number of nitrogens with two attached hydrogens (primary N) is 1. The summed E-state index contributed by atoms with van der Waals surface area (Å²) >= 11 is 5.01. The first-order valence-electron chi connectivity index (χ1n) is 6.55. The van der Waals surface area contributed by atoms with Crippen LogP contribution in [0.3, 0.4) is 0 Å². The minimum atomic E-state index is -0.185. The molecule has 0 spiro atoms. The molecule has 6 nitrogen and oxygen atoms in total. The van der Waals surface area contributed by atoms with Crippen LogP contribution >= 0.6 is 12.2 Å². The maximum atomic E-state index is 12.2. The highest BCUT2D eigenvalue weighted by molar-refractivity contribution is 7.80. The lowest BCUT2D eigenvalue weighted by atomic mass is 10.1. The molecule has 0 amide bonds. The normalized spacial score (nSPS) is 10.4. The third-order valence-electron chi connectivity index (χ3n) is 3.17. The SMILES string of the molecule is NNC(=S)Nc1ccccc1-c1nc2ccccc2c(=O)[nH]1. The predicted octanol–water partition coefficient (Wildman–Crippen LogP) is 1.75. The quantitative estimate of drug-likeness (QED) is 0.327. The van der Waals surface area contributed by atoms with Gasteiger partial charge >= 0.3 is 0 Å². The number of hydrogen-bond donors (Lipinski definition) is 4. The Labute approximate surface area is 131 Å². The van der Waals surface area contributed by atoms with Crippen molar-refractivity contribution < 1.29 is 0 Å². The summed E-state index contributed by atoms with van der Waals surface area (Å²) in [5.74, 6) is 5.74. The summed E-state index contributed by atoms with van der Waals surface area (Å²) in [5.41, 5.74) is 4.23. The maximum absolute atomic E-state index is 12.2. The number of thiocarbonyl (C=S) groups is 1. The Morgan fingerprint density at radius 2 is 1.86 bits per heavy atom. The summed E-state index contributed by atoms with van der Waals surface area (Å²) in [6, 6.07) is 14.6. The van der Waals surface area contributed by atoms with Crippen LogP contribution in [0.15, 0.2) is 53.3 Å². The first kappa shape index (κ1) is 14.2. The number of fused-ring (bicyclic) bond motifs is 1. The summed E-state index contributed by atoms with van der Waals surface area (Å²) in [5, 5.41) is 3.78. The number of H-pyrrole nitrogens is 1. The van der Waals surface area contributed by atoms with Crippen LogP contribution in [0.4, 0.5) is 5.69 Å². The van der Waals surface area contributed by atoms with E-state index in [1.807, 2.05) is 30.3 Å². The molecule has 3 rings (SSSR count). The molecule has 7 heteroatoms. The van der Waals surface area contributed by atoms with E-state index in [2.05, 4.69) is 20.7 Å². The van der Waals surface area contributed by atoms with Crippen LogP contribution in [0.2, 0.25) is 0 Å². The molecule has 3 aromatic rings. The average Bonchev–Trinajstić information content (AvgIpc) is 2.55. The molecule has 0 atom stereocenters. The summed E-state index contributed by atoms with van der Waals surface area (Å²) in [6.45, 7) is 0. The third-order valence-corrected chi connectivity index (χ3v) is 3.39. The van der Waals surface area contributed by atoms with E-state index in [9.17, 15) is 4.79 Å². The zero-order valence-corrected chi connectivity index (χ0v) is 12.3. The molecule has 0 aliphatic heterocycles. The first-order valence-corrected chi connectivity index (χ1v) is 6.96. The summed E-state index contributed by atoms with van der Waals surface area (Å²) in [6.07, 6.45) is 0. The van der Waals surface area contributed by atoms with Gasteiger partial charge < -0.3 is 15.7 Å². The first-order chi connectivity index (χ1) is 10.7. The summed E-state index contributed by atoms with van der Waals surface area (Å²) in [4.78, 5) is 19.5. The van der Waals surface area contributed by atoms with E-state index < -0.39 is 0 Å². The Hall–Kier alpha value is -2.77. The third kappa shape index (κ3) is 2.67. The van der Waals surface area contributed by atoms with Gasteiger partial charge in [0.2, 0.25) is 0 Å². The minimum absolute atomic E-state index is 0.185. The van der Waals surface area contributed by atoms with Crippen molar-refractivity contribution in [2.75, 3.05) is 5.32 Å². The van der Waals surface area contributed by atoms with Crippen LogP contribution in [0.25, 0.3) is 22.3 Å². The molecule has 0 radical (unpaired) electrons. The van der Waals surface area contributed by atoms with Gasteiger partial charge in [-0.2, -0.15) is 0 Å². The smallest absolute Gasteiger partial charge is 0.259 e. The van der Waals surface area contributed by atoms with Crippen LogP contribution in [-0.2, 0) is 0 Å². The Bertz CT molecular complexity index is 906. The van der Waals surface area contributed by atoms with E-state index in [-0.39, 0.29) is 10.7 Å². The highest BCUT2D eigenvalue weighted by Crippen LogP contribution is 2.25. The Balaban J connectivity index is 2.16. The van der Waals surface area contributed by atoms with Gasteiger partial charge in [0.15, 0.2) is 5.11 Å². The van der Waals surface area contributed by atoms with Crippen molar-refractivity contribution in [3.8, 4) is 11.4 Å². The van der Waals surface area contributed by atoms with E-state index in [0.717, 1.165) is 5.56 Å². The molecule has 0 saturated carbocycles. The molecule has 0 fully saturated rings. The van der Waals surface area contributed by atoms with Crippen LogP contribution in [0.1, 0.15) is 0 Å². The maximum Gasteiger partial charge on any atom is 0.259 e. The second kappa shape index (κ2) is 5.92. The van der Waals surface area contributed by atoms with Crippen LogP contribution in [0.5, 0.6) is 0 Å². The number of nitrogens with one attached hydrogen (secondary N) is 3. The molecule has 0 unspecified atom stereocenters. The number of benzene rings is 2. The highest BCUT2D eigenvalue weighted by Gasteiger charge is 2.10. The van der Waals surface area contributed by atoms with Gasteiger partial charge in [-0.3, -0.25) is 4.79 Å². The monoisotopic (exact) mass is 311 g/mol. The number of aromatic amines is 1. The number of aromatic nitrogens is 2. The van der Waals surface area contributed by atoms with Gasteiger partial charge in [-0.1, -0.05) is 24.3 Å². The molecule has 5 N–H and O–H groups in total. The van der Waals surface area contributed by atoms with Gasteiger partial charge in [0.1, 0.15) is 5.82 Å². The summed E-state index contributed by atoms with van der Waals surface area (Å²) in [7, 11) is 0. The molecule has 2 aromatic carbocycles. The van der Waals surface area contributed by atoms with Crippen LogP contribution in [-0.4, -0.2) is 15.1 Å². The molecular weight excluding hydrogens is 298 g/mol. The Kier molecular flexibility index (Phi) is 3.82. The molecule has 110 valence electrons. The van der Waals surface area contributed by atoms with Gasteiger partial charge in [0.05, 0.1) is 16.6 Å². The standard InChI is InChI=1S/C15H13N5OS/c16-20-15(22)18-11-7-3-1-5-9(11)13-17-12-8-4-2-6-10(12)14(21)19-13/h1-8H,16H2,(H,17,19,21)(H2,18,20,22). The largest absolute Gasteiger partial charge is 0.331 e. The van der Waals surface area contributed by atoms with E-state index in [0.29, 0.717) is 22.4 Å². The predicted molar refractivity (Wildman–Crippen MR) is 91.3 cm³/mol. The zero-order valence-electron chi connectivity index (χ0n) is 11.5. The minimum Gasteiger partial charge on any atom is -0.331 e. The molecular formula is C15H13N5OS. The van der Waals surface area contributed by atoms with Crippen LogP contribution in [0, 0.1) is 0 Å². The number of hydrazine groups is 1. The molecule has 0 saturated heterocycles. The fourth-order valence-electron chi connectivity index (χ4n) is 2.17. The topological polar surface area (TPSA) is 95.8 Å². The number of anilines is 1. The fourth-order valence-corrected chi connectivity index (χ4v) is 2.28.